The SMILES string of the molecule is O=S(=O)(c1ccc(Nc2nccc(Nc3ccc(F)cc3)n2)cc1)N1CCC(NCc2ccncc2F)CC1. The molecule has 1 aliphatic rings. The van der Waals surface area contributed by atoms with Gasteiger partial charge in [0.05, 0.1) is 11.1 Å². The molecule has 0 spiro atoms. The van der Waals surface area contributed by atoms with Crippen LogP contribution in [0.15, 0.2) is 84.1 Å². The number of nitrogens with one attached hydrogen (secondary N) is 3. The Labute approximate surface area is 225 Å². The van der Waals surface area contributed by atoms with E-state index in [4.69, 9.17) is 0 Å². The highest BCUT2D eigenvalue weighted by atomic mass is 32.2. The van der Waals surface area contributed by atoms with E-state index in [1.807, 2.05) is 0 Å². The Balaban J connectivity index is 1.16. The van der Waals surface area contributed by atoms with Gasteiger partial charge >= 0.3 is 0 Å². The first kappa shape index (κ1) is 26.6. The predicted octanol–water partition coefficient (Wildman–Crippen LogP) is 4.58. The number of pyridine rings is 1. The molecule has 3 N–H and O–H groups in total. The van der Waals surface area contributed by atoms with Crippen LogP contribution in [0.4, 0.5) is 31.9 Å². The molecule has 12 heteroatoms. The molecular formula is C27H27F2N7O2S. The Morgan fingerprint density at radius 1 is 0.872 bits per heavy atom. The molecule has 0 bridgehead atoms. The standard InChI is InChI=1S/C27H27F2N7O2S/c28-20-1-3-22(4-2-20)33-26-10-14-31-27(35-26)34-23-5-7-24(8-6-23)39(37,38)36-15-11-21(12-16-36)32-17-19-9-13-30-18-25(19)29/h1-10,13-14,18,21,32H,11-12,15-17H2,(H2,31,33,34,35). The van der Waals surface area contributed by atoms with E-state index in [0.717, 1.165) is 0 Å². The average Bonchev–Trinajstić information content (AvgIpc) is 2.95. The van der Waals surface area contributed by atoms with Gasteiger partial charge in [-0.05, 0) is 73.5 Å². The molecule has 39 heavy (non-hydrogen) atoms. The summed E-state index contributed by atoms with van der Waals surface area (Å²) in [7, 11) is -3.65. The number of hydrogen-bond acceptors (Lipinski definition) is 8. The minimum atomic E-state index is -3.65. The van der Waals surface area contributed by atoms with Crippen LogP contribution < -0.4 is 16.0 Å². The van der Waals surface area contributed by atoms with Crippen LogP contribution in [0.5, 0.6) is 0 Å². The molecule has 3 heterocycles. The first-order valence-corrected chi connectivity index (χ1v) is 13.9. The van der Waals surface area contributed by atoms with Crippen molar-refractivity contribution in [3.63, 3.8) is 0 Å². The minimum Gasteiger partial charge on any atom is -0.340 e. The molecule has 0 amide bonds. The second kappa shape index (κ2) is 11.8. The molecule has 4 aromatic rings. The van der Waals surface area contributed by atoms with Gasteiger partial charge in [-0.3, -0.25) is 4.98 Å². The number of anilines is 4. The van der Waals surface area contributed by atoms with Crippen LogP contribution in [-0.2, 0) is 16.6 Å². The lowest BCUT2D eigenvalue weighted by Gasteiger charge is -2.31. The van der Waals surface area contributed by atoms with Crippen molar-refractivity contribution >= 4 is 33.2 Å². The molecule has 202 valence electrons. The zero-order valence-electron chi connectivity index (χ0n) is 20.9. The second-order valence-corrected chi connectivity index (χ2v) is 11.0. The van der Waals surface area contributed by atoms with Crippen LogP contribution in [0.2, 0.25) is 0 Å². The van der Waals surface area contributed by atoms with E-state index in [2.05, 4.69) is 30.9 Å². The van der Waals surface area contributed by atoms with E-state index in [-0.39, 0.29) is 22.6 Å². The van der Waals surface area contributed by atoms with E-state index < -0.39 is 10.0 Å². The maximum Gasteiger partial charge on any atom is 0.243 e. The lowest BCUT2D eigenvalue weighted by molar-refractivity contribution is 0.288. The van der Waals surface area contributed by atoms with Crippen LogP contribution in [0.3, 0.4) is 0 Å². The highest BCUT2D eigenvalue weighted by Gasteiger charge is 2.29. The van der Waals surface area contributed by atoms with Crippen LogP contribution in [0.25, 0.3) is 0 Å². The van der Waals surface area contributed by atoms with Crippen molar-refractivity contribution in [2.24, 2.45) is 0 Å². The Hall–Kier alpha value is -4.00. The van der Waals surface area contributed by atoms with Crippen LogP contribution in [0.1, 0.15) is 18.4 Å². The first-order valence-electron chi connectivity index (χ1n) is 12.4. The van der Waals surface area contributed by atoms with Gasteiger partial charge in [-0.25, -0.2) is 22.2 Å². The molecule has 2 aromatic heterocycles. The van der Waals surface area contributed by atoms with Crippen LogP contribution >= 0.6 is 0 Å². The minimum absolute atomic E-state index is 0.101. The molecule has 0 aliphatic carbocycles. The van der Waals surface area contributed by atoms with Crippen molar-refractivity contribution < 1.29 is 17.2 Å². The molecule has 1 aliphatic heterocycles. The van der Waals surface area contributed by atoms with Crippen LogP contribution in [0, 0.1) is 11.6 Å². The molecule has 0 atom stereocenters. The molecule has 2 aromatic carbocycles. The predicted molar refractivity (Wildman–Crippen MR) is 144 cm³/mol. The molecule has 0 radical (unpaired) electrons. The lowest BCUT2D eigenvalue weighted by Crippen LogP contribution is -2.44. The van der Waals surface area contributed by atoms with Gasteiger partial charge < -0.3 is 16.0 Å². The molecule has 1 saturated heterocycles. The summed E-state index contributed by atoms with van der Waals surface area (Å²) in [6, 6.07) is 15.7. The summed E-state index contributed by atoms with van der Waals surface area (Å²) in [6.07, 6.45) is 5.57. The highest BCUT2D eigenvalue weighted by Crippen LogP contribution is 2.24. The first-order chi connectivity index (χ1) is 18.9. The van der Waals surface area contributed by atoms with Crippen molar-refractivity contribution in [3.05, 3.63) is 96.5 Å². The smallest absolute Gasteiger partial charge is 0.243 e. The largest absolute Gasteiger partial charge is 0.340 e. The summed E-state index contributed by atoms with van der Waals surface area (Å²) in [6.45, 7) is 1.12. The molecule has 5 rings (SSSR count). The van der Waals surface area contributed by atoms with Gasteiger partial charge in [0.15, 0.2) is 0 Å². The molecule has 0 unspecified atom stereocenters. The molecule has 1 fully saturated rings. The summed E-state index contributed by atoms with van der Waals surface area (Å²) >= 11 is 0. The van der Waals surface area contributed by atoms with Gasteiger partial charge in [-0.1, -0.05) is 0 Å². The van der Waals surface area contributed by atoms with Gasteiger partial charge in [0, 0.05) is 55.0 Å². The van der Waals surface area contributed by atoms with Gasteiger partial charge in [0.25, 0.3) is 0 Å². The summed E-state index contributed by atoms with van der Waals surface area (Å²) in [5, 5.41) is 9.46. The van der Waals surface area contributed by atoms with Gasteiger partial charge in [-0.15, -0.1) is 0 Å². The van der Waals surface area contributed by atoms with Gasteiger partial charge in [0.1, 0.15) is 17.5 Å². The summed E-state index contributed by atoms with van der Waals surface area (Å²) in [5.41, 5.74) is 1.84. The topological polar surface area (TPSA) is 112 Å². The number of hydrogen-bond donors (Lipinski definition) is 3. The maximum absolute atomic E-state index is 13.8. The molecule has 9 nitrogen and oxygen atoms in total. The Morgan fingerprint density at radius 3 is 2.28 bits per heavy atom. The number of piperidine rings is 1. The summed E-state index contributed by atoms with van der Waals surface area (Å²) in [4.78, 5) is 12.5. The fourth-order valence-corrected chi connectivity index (χ4v) is 5.73. The number of benzene rings is 2. The third kappa shape index (κ3) is 6.72. The number of halogens is 2. The second-order valence-electron chi connectivity index (χ2n) is 9.07. The fraction of sp³-hybridized carbons (Fsp3) is 0.222. The van der Waals surface area contributed by atoms with E-state index in [1.54, 1.807) is 60.9 Å². The van der Waals surface area contributed by atoms with Crippen molar-refractivity contribution in [3.8, 4) is 0 Å². The van der Waals surface area contributed by atoms with Crippen molar-refractivity contribution in [2.75, 3.05) is 23.7 Å². The van der Waals surface area contributed by atoms with E-state index in [9.17, 15) is 17.2 Å². The van der Waals surface area contributed by atoms with Crippen LogP contribution in [-0.4, -0.2) is 46.8 Å². The van der Waals surface area contributed by atoms with Crippen molar-refractivity contribution in [2.45, 2.75) is 30.3 Å². The Morgan fingerprint density at radius 2 is 1.56 bits per heavy atom. The van der Waals surface area contributed by atoms with Gasteiger partial charge in [-0.2, -0.15) is 9.29 Å². The van der Waals surface area contributed by atoms with Crippen molar-refractivity contribution in [1.82, 2.24) is 24.6 Å². The Kier molecular flexibility index (Phi) is 8.05. The number of aromatic nitrogens is 3. The quantitative estimate of drug-likeness (QED) is 0.277. The summed E-state index contributed by atoms with van der Waals surface area (Å²) < 4.78 is 54.8. The third-order valence-corrected chi connectivity index (χ3v) is 8.32. The highest BCUT2D eigenvalue weighted by molar-refractivity contribution is 7.89. The van der Waals surface area contributed by atoms with Crippen molar-refractivity contribution in [1.29, 1.82) is 0 Å². The number of rotatable bonds is 9. The maximum atomic E-state index is 13.8. The monoisotopic (exact) mass is 551 g/mol. The fourth-order valence-electron chi connectivity index (χ4n) is 4.26. The summed E-state index contributed by atoms with van der Waals surface area (Å²) in [5.74, 6) is 0.150. The molecule has 0 saturated carbocycles. The zero-order chi connectivity index (χ0) is 27.2. The van der Waals surface area contributed by atoms with E-state index in [1.165, 1.54) is 22.6 Å². The number of sulfonamides is 1. The number of nitrogens with zero attached hydrogens (tertiary/aromatic N) is 4. The normalized spacial score (nSPS) is 14.7. The Bertz CT molecular complexity index is 1510. The van der Waals surface area contributed by atoms with E-state index in [0.29, 0.717) is 61.2 Å². The molecular weight excluding hydrogens is 524 g/mol. The zero-order valence-corrected chi connectivity index (χ0v) is 21.7. The lowest BCUT2D eigenvalue weighted by atomic mass is 10.1. The van der Waals surface area contributed by atoms with Gasteiger partial charge in [0.2, 0.25) is 16.0 Å². The van der Waals surface area contributed by atoms with E-state index >= 15 is 0 Å². The third-order valence-electron chi connectivity index (χ3n) is 6.41. The average molecular weight is 552 g/mol.